The number of ether oxygens (including phenoxy) is 1. The van der Waals surface area contributed by atoms with E-state index in [1.54, 1.807) is 0 Å². The summed E-state index contributed by atoms with van der Waals surface area (Å²) in [6, 6.07) is 15.5. The third-order valence-electron chi connectivity index (χ3n) is 5.74. The van der Waals surface area contributed by atoms with E-state index in [0.29, 0.717) is 0 Å². The molecule has 0 bridgehead atoms. The van der Waals surface area contributed by atoms with Crippen LogP contribution in [0.15, 0.2) is 47.4 Å². The van der Waals surface area contributed by atoms with E-state index in [0.717, 1.165) is 51.6 Å². The zero-order chi connectivity index (χ0) is 19.3. The summed E-state index contributed by atoms with van der Waals surface area (Å²) in [5, 5.41) is 9.10. The Morgan fingerprint density at radius 2 is 1.75 bits per heavy atom. The van der Waals surface area contributed by atoms with Crippen molar-refractivity contribution >= 4 is 11.8 Å². The van der Waals surface area contributed by atoms with Crippen LogP contribution in [0.3, 0.4) is 0 Å². The van der Waals surface area contributed by atoms with Gasteiger partial charge in [0.1, 0.15) is 6.10 Å². The summed E-state index contributed by atoms with van der Waals surface area (Å²) in [5.74, 6) is 0.999. The lowest BCUT2D eigenvalue weighted by atomic mass is 9.96. The molecule has 2 aliphatic heterocycles. The average molecular weight is 399 g/mol. The molecule has 4 rings (SSSR count). The fraction of sp³-hybridized carbons (Fsp3) is 0.478. The molecular weight excluding hydrogens is 368 g/mol. The Kier molecular flexibility index (Phi) is 6.70. The van der Waals surface area contributed by atoms with Gasteiger partial charge >= 0.3 is 0 Å². The van der Waals surface area contributed by atoms with Crippen molar-refractivity contribution in [2.45, 2.75) is 23.7 Å². The molecule has 4 nitrogen and oxygen atoms in total. The molecule has 0 aromatic heterocycles. The summed E-state index contributed by atoms with van der Waals surface area (Å²) in [6.07, 6.45) is 0.0109. The van der Waals surface area contributed by atoms with Crippen LogP contribution in [-0.2, 0) is 10.5 Å². The highest BCUT2D eigenvalue weighted by Gasteiger charge is 2.25. The maximum atomic E-state index is 9.10. The lowest BCUT2D eigenvalue weighted by Crippen LogP contribution is -2.48. The van der Waals surface area contributed by atoms with E-state index in [2.05, 4.69) is 59.2 Å². The largest absolute Gasteiger partial charge is 0.395 e. The van der Waals surface area contributed by atoms with Gasteiger partial charge in [-0.1, -0.05) is 42.0 Å². The first kappa shape index (κ1) is 19.9. The van der Waals surface area contributed by atoms with E-state index in [1.165, 1.54) is 27.1 Å². The Hall–Kier alpha value is -1.37. The molecule has 28 heavy (non-hydrogen) atoms. The van der Waals surface area contributed by atoms with Crippen LogP contribution < -0.4 is 0 Å². The zero-order valence-corrected chi connectivity index (χ0v) is 17.5. The molecule has 1 unspecified atom stereocenters. The van der Waals surface area contributed by atoms with Gasteiger partial charge in [0.05, 0.1) is 13.2 Å². The number of hydrogen-bond acceptors (Lipinski definition) is 5. The van der Waals surface area contributed by atoms with Crippen LogP contribution in [0.4, 0.5) is 0 Å². The highest BCUT2D eigenvalue weighted by molar-refractivity contribution is 7.98. The first-order valence-electron chi connectivity index (χ1n) is 10.2. The fourth-order valence-electron chi connectivity index (χ4n) is 4.11. The normalized spacial score (nSPS) is 20.4. The average Bonchev–Trinajstić information content (AvgIpc) is 2.87. The van der Waals surface area contributed by atoms with Gasteiger partial charge in [-0.25, -0.2) is 0 Å². The molecule has 0 radical (unpaired) electrons. The molecule has 0 aliphatic carbocycles. The van der Waals surface area contributed by atoms with E-state index in [-0.39, 0.29) is 12.7 Å². The van der Waals surface area contributed by atoms with Crippen LogP contribution in [0, 0.1) is 6.92 Å². The number of piperazine rings is 1. The van der Waals surface area contributed by atoms with Crippen molar-refractivity contribution in [1.29, 1.82) is 0 Å². The molecule has 0 saturated carbocycles. The van der Waals surface area contributed by atoms with Crippen molar-refractivity contribution in [3.8, 4) is 0 Å². The third kappa shape index (κ3) is 4.61. The number of rotatable bonds is 6. The lowest BCUT2D eigenvalue weighted by Gasteiger charge is -2.34. The Balaban J connectivity index is 1.44. The van der Waals surface area contributed by atoms with Crippen LogP contribution in [0.1, 0.15) is 28.4 Å². The summed E-state index contributed by atoms with van der Waals surface area (Å²) in [7, 11) is 0. The predicted octanol–water partition coefficient (Wildman–Crippen LogP) is 3.32. The van der Waals surface area contributed by atoms with Gasteiger partial charge in [-0.3, -0.25) is 9.80 Å². The maximum Gasteiger partial charge on any atom is 0.109 e. The SMILES string of the molecule is Cc1ccc2c(c1)C(OCCN1CCN(CCO)CC1)c1ccccc1CS2. The molecule has 0 amide bonds. The van der Waals surface area contributed by atoms with Crippen molar-refractivity contribution < 1.29 is 9.84 Å². The standard InChI is InChI=1S/C23H30N2O2S/c1-18-6-7-22-21(16-18)23(20-5-3-2-4-19(20)17-28-22)27-15-13-25-10-8-24(9-11-25)12-14-26/h2-7,16,23,26H,8-15,17H2,1H3. The van der Waals surface area contributed by atoms with Crippen LogP contribution >= 0.6 is 11.8 Å². The van der Waals surface area contributed by atoms with Gasteiger partial charge in [0.25, 0.3) is 0 Å². The first-order chi connectivity index (χ1) is 13.7. The van der Waals surface area contributed by atoms with Crippen molar-refractivity contribution in [3.63, 3.8) is 0 Å². The molecule has 150 valence electrons. The minimum absolute atomic E-state index is 0.0109. The number of hydrogen-bond donors (Lipinski definition) is 1. The van der Waals surface area contributed by atoms with E-state index in [4.69, 9.17) is 9.84 Å². The Labute approximate surface area is 172 Å². The molecule has 2 aromatic rings. The van der Waals surface area contributed by atoms with Crippen molar-refractivity contribution in [1.82, 2.24) is 9.80 Å². The zero-order valence-electron chi connectivity index (χ0n) is 16.6. The summed E-state index contributed by atoms with van der Waals surface area (Å²) in [4.78, 5) is 6.14. The molecule has 2 aliphatic rings. The second kappa shape index (κ2) is 9.42. The number of aryl methyl sites for hydroxylation is 1. The van der Waals surface area contributed by atoms with Gasteiger partial charge in [0.2, 0.25) is 0 Å². The number of aliphatic hydroxyl groups is 1. The van der Waals surface area contributed by atoms with Gasteiger partial charge in [-0.05, 0) is 29.7 Å². The molecule has 1 fully saturated rings. The Morgan fingerprint density at radius 3 is 2.54 bits per heavy atom. The highest BCUT2D eigenvalue weighted by Crippen LogP contribution is 2.41. The van der Waals surface area contributed by atoms with E-state index >= 15 is 0 Å². The van der Waals surface area contributed by atoms with Gasteiger partial charge in [-0.2, -0.15) is 0 Å². The second-order valence-corrected chi connectivity index (χ2v) is 8.70. The third-order valence-corrected chi connectivity index (χ3v) is 6.88. The lowest BCUT2D eigenvalue weighted by molar-refractivity contribution is 0.0418. The molecule has 0 spiro atoms. The van der Waals surface area contributed by atoms with Gasteiger partial charge in [-0.15, -0.1) is 11.8 Å². The molecule has 2 heterocycles. The van der Waals surface area contributed by atoms with Crippen LogP contribution in [0.25, 0.3) is 0 Å². The van der Waals surface area contributed by atoms with Gasteiger partial charge < -0.3 is 9.84 Å². The van der Waals surface area contributed by atoms with Gasteiger partial charge in [0.15, 0.2) is 0 Å². The van der Waals surface area contributed by atoms with Crippen LogP contribution in [0.2, 0.25) is 0 Å². The van der Waals surface area contributed by atoms with Crippen molar-refractivity contribution in [3.05, 3.63) is 64.7 Å². The fourth-order valence-corrected chi connectivity index (χ4v) is 5.18. The monoisotopic (exact) mass is 398 g/mol. The molecule has 1 saturated heterocycles. The molecular formula is C23H30N2O2S. The molecule has 2 aromatic carbocycles. The minimum atomic E-state index is 0.0109. The summed E-state index contributed by atoms with van der Waals surface area (Å²) >= 11 is 1.91. The Bertz CT molecular complexity index is 790. The molecule has 1 atom stereocenters. The summed E-state index contributed by atoms with van der Waals surface area (Å²) in [5.41, 5.74) is 5.28. The molecule has 5 heteroatoms. The maximum absolute atomic E-state index is 9.10. The molecule has 1 N–H and O–H groups in total. The van der Waals surface area contributed by atoms with Crippen LogP contribution in [-0.4, -0.2) is 67.4 Å². The number of benzene rings is 2. The van der Waals surface area contributed by atoms with Gasteiger partial charge in [0, 0.05) is 49.9 Å². The highest BCUT2D eigenvalue weighted by atomic mass is 32.2. The van der Waals surface area contributed by atoms with E-state index in [1.807, 2.05) is 11.8 Å². The van der Waals surface area contributed by atoms with Crippen molar-refractivity contribution in [2.75, 3.05) is 52.5 Å². The second-order valence-electron chi connectivity index (χ2n) is 7.69. The van der Waals surface area contributed by atoms with Crippen LogP contribution in [0.5, 0.6) is 0 Å². The smallest absolute Gasteiger partial charge is 0.109 e. The Morgan fingerprint density at radius 1 is 1.00 bits per heavy atom. The summed E-state index contributed by atoms with van der Waals surface area (Å²) < 4.78 is 6.54. The first-order valence-corrected chi connectivity index (χ1v) is 11.2. The number of aliphatic hydroxyl groups excluding tert-OH is 1. The van der Waals surface area contributed by atoms with E-state index in [9.17, 15) is 0 Å². The summed E-state index contributed by atoms with van der Waals surface area (Å²) in [6.45, 7) is 9.06. The number of nitrogens with zero attached hydrogens (tertiary/aromatic N) is 2. The van der Waals surface area contributed by atoms with E-state index < -0.39 is 0 Å². The number of β-amino-alcohol motifs (C(OH)–C–C–N with tert-alkyl or cyclic N) is 1. The topological polar surface area (TPSA) is 35.9 Å². The quantitative estimate of drug-likeness (QED) is 0.808. The number of fused-ring (bicyclic) bond motifs is 2. The predicted molar refractivity (Wildman–Crippen MR) is 115 cm³/mol. The number of thioether (sulfide) groups is 1. The van der Waals surface area contributed by atoms with Crippen molar-refractivity contribution in [2.24, 2.45) is 0 Å². The minimum Gasteiger partial charge on any atom is -0.395 e.